The highest BCUT2D eigenvalue weighted by molar-refractivity contribution is 7.80. The van der Waals surface area contributed by atoms with Gasteiger partial charge in [0.1, 0.15) is 22.6 Å². The van der Waals surface area contributed by atoms with Gasteiger partial charge in [0, 0.05) is 11.3 Å². The predicted molar refractivity (Wildman–Crippen MR) is 137 cm³/mol. The van der Waals surface area contributed by atoms with Gasteiger partial charge < -0.3 is 19.2 Å². The van der Waals surface area contributed by atoms with Crippen LogP contribution in [0.5, 0.6) is 11.5 Å². The van der Waals surface area contributed by atoms with Gasteiger partial charge in [-0.25, -0.2) is 4.98 Å². The van der Waals surface area contributed by atoms with E-state index in [1.807, 2.05) is 45.0 Å². The zero-order valence-electron chi connectivity index (χ0n) is 19.6. The number of oxazole rings is 1. The summed E-state index contributed by atoms with van der Waals surface area (Å²) in [6.45, 7) is 5.98. The molecule has 0 bridgehead atoms. The summed E-state index contributed by atoms with van der Waals surface area (Å²) in [6, 6.07) is 15.0. The molecule has 8 heteroatoms. The summed E-state index contributed by atoms with van der Waals surface area (Å²) in [7, 11) is 2.98. The van der Waals surface area contributed by atoms with Gasteiger partial charge in [0.2, 0.25) is 5.89 Å². The fourth-order valence-electron chi connectivity index (χ4n) is 3.78. The minimum absolute atomic E-state index is 0.141. The van der Waals surface area contributed by atoms with Crippen LogP contribution in [-0.2, 0) is 0 Å². The topological polar surface area (TPSA) is 85.6 Å². The molecule has 3 aromatic carbocycles. The zero-order chi connectivity index (χ0) is 24.4. The van der Waals surface area contributed by atoms with Gasteiger partial charge in [0.25, 0.3) is 5.91 Å². The van der Waals surface area contributed by atoms with Crippen molar-refractivity contribution >= 4 is 40.0 Å². The molecule has 0 saturated heterocycles. The lowest BCUT2D eigenvalue weighted by atomic mass is 10.1. The van der Waals surface area contributed by atoms with E-state index in [1.165, 1.54) is 14.2 Å². The second-order valence-corrected chi connectivity index (χ2v) is 8.33. The van der Waals surface area contributed by atoms with Gasteiger partial charge in [-0.05, 0) is 80.0 Å². The molecule has 1 amide bonds. The number of fused-ring (bicyclic) bond motifs is 1. The van der Waals surface area contributed by atoms with Crippen LogP contribution in [0.3, 0.4) is 0 Å². The molecule has 1 aromatic heterocycles. The monoisotopic (exact) mass is 475 g/mol. The standard InChI is InChI=1S/C26H25N3O4S/c1-14-11-16(3)23-19(12-14)27-25(33-23)17-10-9-15(2)18(13-17)28-26(34)29-24(30)22-20(31-4)7-6-8-21(22)32-5/h6-13H,1-5H3,(H2,28,29,30,34). The highest BCUT2D eigenvalue weighted by Crippen LogP contribution is 2.30. The maximum absolute atomic E-state index is 12.9. The van der Waals surface area contributed by atoms with E-state index >= 15 is 0 Å². The van der Waals surface area contributed by atoms with Gasteiger partial charge in [0.05, 0.1) is 14.2 Å². The lowest BCUT2D eigenvalue weighted by Crippen LogP contribution is -2.34. The Kier molecular flexibility index (Phi) is 6.51. The van der Waals surface area contributed by atoms with Crippen LogP contribution < -0.4 is 20.1 Å². The van der Waals surface area contributed by atoms with E-state index in [2.05, 4.69) is 21.7 Å². The molecule has 0 saturated carbocycles. The number of amides is 1. The van der Waals surface area contributed by atoms with Gasteiger partial charge >= 0.3 is 0 Å². The number of hydrogen-bond donors (Lipinski definition) is 2. The number of benzene rings is 3. The Morgan fingerprint density at radius 2 is 1.68 bits per heavy atom. The highest BCUT2D eigenvalue weighted by Gasteiger charge is 2.19. The number of nitrogens with one attached hydrogen (secondary N) is 2. The minimum Gasteiger partial charge on any atom is -0.496 e. The minimum atomic E-state index is -0.439. The number of anilines is 1. The Labute approximate surface area is 203 Å². The molecule has 0 atom stereocenters. The van der Waals surface area contributed by atoms with Crippen LogP contribution in [0.15, 0.2) is 52.9 Å². The second-order valence-electron chi connectivity index (χ2n) is 7.92. The van der Waals surface area contributed by atoms with Crippen LogP contribution in [0.2, 0.25) is 0 Å². The summed E-state index contributed by atoms with van der Waals surface area (Å²) in [5.41, 5.74) is 6.48. The molecule has 0 aliphatic rings. The van der Waals surface area contributed by atoms with Crippen LogP contribution in [0, 0.1) is 20.8 Å². The molecule has 0 aliphatic carbocycles. The molecule has 1 heterocycles. The van der Waals surface area contributed by atoms with Gasteiger partial charge in [-0.3, -0.25) is 10.1 Å². The molecule has 0 unspecified atom stereocenters. The first-order valence-electron chi connectivity index (χ1n) is 10.6. The predicted octanol–water partition coefficient (Wildman–Crippen LogP) is 5.56. The van der Waals surface area contributed by atoms with Crippen LogP contribution in [-0.4, -0.2) is 30.2 Å². The first-order valence-corrected chi connectivity index (χ1v) is 11.0. The number of aromatic nitrogens is 1. The van der Waals surface area contributed by atoms with Crippen LogP contribution in [0.25, 0.3) is 22.6 Å². The lowest BCUT2D eigenvalue weighted by Gasteiger charge is -2.15. The fraction of sp³-hybridized carbons (Fsp3) is 0.192. The molecular formula is C26H25N3O4S. The molecule has 0 radical (unpaired) electrons. The van der Waals surface area contributed by atoms with Crippen molar-refractivity contribution in [2.45, 2.75) is 20.8 Å². The third kappa shape index (κ3) is 4.58. The van der Waals surface area contributed by atoms with Crippen molar-refractivity contribution in [1.82, 2.24) is 10.3 Å². The summed E-state index contributed by atoms with van der Waals surface area (Å²) in [6.07, 6.45) is 0. The molecule has 7 nitrogen and oxygen atoms in total. The Bertz CT molecular complexity index is 1390. The Morgan fingerprint density at radius 1 is 0.971 bits per heavy atom. The van der Waals surface area contributed by atoms with Gasteiger partial charge in [0.15, 0.2) is 10.7 Å². The van der Waals surface area contributed by atoms with E-state index in [1.54, 1.807) is 18.2 Å². The number of thiocarbonyl (C=S) groups is 1. The number of aryl methyl sites for hydroxylation is 3. The summed E-state index contributed by atoms with van der Waals surface area (Å²) in [5.74, 6) is 0.851. The van der Waals surface area contributed by atoms with Crippen molar-refractivity contribution in [3.8, 4) is 23.0 Å². The van der Waals surface area contributed by atoms with E-state index in [9.17, 15) is 4.79 Å². The molecule has 0 spiro atoms. The highest BCUT2D eigenvalue weighted by atomic mass is 32.1. The molecule has 0 fully saturated rings. The smallest absolute Gasteiger partial charge is 0.264 e. The number of rotatable bonds is 5. The molecule has 2 N–H and O–H groups in total. The SMILES string of the molecule is COc1cccc(OC)c1C(=O)NC(=S)Nc1cc(-c2nc3cc(C)cc(C)c3o2)ccc1C. The largest absolute Gasteiger partial charge is 0.496 e. The van der Waals surface area contributed by atoms with Gasteiger partial charge in [-0.2, -0.15) is 0 Å². The molecule has 34 heavy (non-hydrogen) atoms. The third-order valence-electron chi connectivity index (χ3n) is 5.43. The number of nitrogens with zero attached hydrogens (tertiary/aromatic N) is 1. The Balaban J connectivity index is 1.57. The third-order valence-corrected chi connectivity index (χ3v) is 5.64. The van der Waals surface area contributed by atoms with Crippen molar-refractivity contribution in [3.05, 3.63) is 70.8 Å². The van der Waals surface area contributed by atoms with E-state index in [0.29, 0.717) is 17.4 Å². The molecule has 0 aliphatic heterocycles. The van der Waals surface area contributed by atoms with Gasteiger partial charge in [-0.15, -0.1) is 0 Å². The van der Waals surface area contributed by atoms with Crippen LogP contribution >= 0.6 is 12.2 Å². The van der Waals surface area contributed by atoms with Crippen LogP contribution in [0.1, 0.15) is 27.0 Å². The first-order chi connectivity index (χ1) is 16.3. The first kappa shape index (κ1) is 23.3. The van der Waals surface area contributed by atoms with Gasteiger partial charge in [-0.1, -0.05) is 18.2 Å². The summed E-state index contributed by atoms with van der Waals surface area (Å²) in [4.78, 5) is 17.6. The number of hydrogen-bond acceptors (Lipinski definition) is 6. The van der Waals surface area contributed by atoms with Crippen molar-refractivity contribution in [2.75, 3.05) is 19.5 Å². The lowest BCUT2D eigenvalue weighted by molar-refractivity contribution is 0.0971. The average molecular weight is 476 g/mol. The molecular weight excluding hydrogens is 450 g/mol. The summed E-state index contributed by atoms with van der Waals surface area (Å²) in [5, 5.41) is 5.94. The number of carbonyl (C=O) groups is 1. The number of carbonyl (C=O) groups excluding carboxylic acids is 1. The van der Waals surface area contributed by atoms with Crippen LogP contribution in [0.4, 0.5) is 5.69 Å². The molecule has 174 valence electrons. The quantitative estimate of drug-likeness (QED) is 0.365. The molecule has 4 rings (SSSR count). The maximum Gasteiger partial charge on any atom is 0.264 e. The van der Waals surface area contributed by atoms with Crippen molar-refractivity contribution in [2.24, 2.45) is 0 Å². The fourth-order valence-corrected chi connectivity index (χ4v) is 3.99. The number of ether oxygens (including phenoxy) is 2. The van der Waals surface area contributed by atoms with Crippen molar-refractivity contribution in [1.29, 1.82) is 0 Å². The summed E-state index contributed by atoms with van der Waals surface area (Å²) < 4.78 is 16.7. The van der Waals surface area contributed by atoms with E-state index < -0.39 is 5.91 Å². The summed E-state index contributed by atoms with van der Waals surface area (Å²) >= 11 is 5.41. The molecule has 4 aromatic rings. The van der Waals surface area contributed by atoms with E-state index in [-0.39, 0.29) is 10.7 Å². The zero-order valence-corrected chi connectivity index (χ0v) is 20.4. The maximum atomic E-state index is 12.9. The van der Waals surface area contributed by atoms with Crippen molar-refractivity contribution < 1.29 is 18.7 Å². The van der Waals surface area contributed by atoms with Crippen molar-refractivity contribution in [3.63, 3.8) is 0 Å². The Hall–Kier alpha value is -3.91. The second kappa shape index (κ2) is 9.52. The average Bonchev–Trinajstić information content (AvgIpc) is 3.24. The Morgan fingerprint density at radius 3 is 2.35 bits per heavy atom. The van der Waals surface area contributed by atoms with E-state index in [4.69, 9.17) is 26.1 Å². The normalized spacial score (nSPS) is 10.7. The number of methoxy groups -OCH3 is 2. The van der Waals surface area contributed by atoms with E-state index in [0.717, 1.165) is 39.0 Å².